The van der Waals surface area contributed by atoms with Crippen molar-refractivity contribution in [2.45, 2.75) is 6.92 Å². The summed E-state index contributed by atoms with van der Waals surface area (Å²) in [5.74, 6) is -0.662. The molecule has 0 atom stereocenters. The third-order valence-electron chi connectivity index (χ3n) is 4.82. The summed E-state index contributed by atoms with van der Waals surface area (Å²) in [5, 5.41) is 17.2. The van der Waals surface area contributed by atoms with E-state index in [0.29, 0.717) is 39.5 Å². The number of nitrogen functional groups attached to an aromatic ring is 2. The number of carbonyl (C=O) groups excluding carboxylic acids is 1. The topological polar surface area (TPSA) is 158 Å². The van der Waals surface area contributed by atoms with Crippen LogP contribution in [0.25, 0.3) is 33.9 Å². The third kappa shape index (κ3) is 3.99. The highest BCUT2D eigenvalue weighted by Gasteiger charge is 2.18. The van der Waals surface area contributed by atoms with Crippen molar-refractivity contribution in [2.24, 2.45) is 0 Å². The molecule has 0 bridgehead atoms. The molecule has 32 heavy (non-hydrogen) atoms. The molecule has 4 aromatic rings. The van der Waals surface area contributed by atoms with Crippen molar-refractivity contribution < 1.29 is 14.7 Å². The van der Waals surface area contributed by atoms with Crippen molar-refractivity contribution in [2.75, 3.05) is 11.5 Å². The molecular formula is C23H18N6O3. The van der Waals surface area contributed by atoms with Gasteiger partial charge < -0.3 is 16.6 Å². The lowest BCUT2D eigenvalue weighted by Crippen LogP contribution is -2.05. The Morgan fingerprint density at radius 2 is 1.31 bits per heavy atom. The lowest BCUT2D eigenvalue weighted by Gasteiger charge is -2.13. The van der Waals surface area contributed by atoms with Crippen molar-refractivity contribution in [1.29, 1.82) is 0 Å². The summed E-state index contributed by atoms with van der Waals surface area (Å²) in [7, 11) is 0. The molecule has 0 saturated heterocycles. The Balaban J connectivity index is 1.89. The number of nitrogens with two attached hydrogens (primary N) is 2. The maximum absolute atomic E-state index is 11.6. The number of anilines is 2. The molecule has 2 aromatic carbocycles. The van der Waals surface area contributed by atoms with E-state index in [4.69, 9.17) is 21.6 Å². The van der Waals surface area contributed by atoms with Gasteiger partial charge in [0.1, 0.15) is 28.6 Å². The predicted molar refractivity (Wildman–Crippen MR) is 120 cm³/mol. The van der Waals surface area contributed by atoms with E-state index in [0.717, 1.165) is 0 Å². The first kappa shape index (κ1) is 20.6. The summed E-state index contributed by atoms with van der Waals surface area (Å²) < 4.78 is 0. The van der Waals surface area contributed by atoms with Gasteiger partial charge in [0.2, 0.25) is 0 Å². The van der Waals surface area contributed by atoms with Crippen LogP contribution in [0.3, 0.4) is 0 Å². The molecule has 0 aliphatic rings. The van der Waals surface area contributed by atoms with Crippen molar-refractivity contribution in [3.05, 3.63) is 71.8 Å². The van der Waals surface area contributed by atoms with Crippen molar-refractivity contribution in [1.82, 2.24) is 20.2 Å². The molecule has 2 aromatic heterocycles. The number of carboxylic acids is 1. The molecule has 158 valence electrons. The van der Waals surface area contributed by atoms with Crippen LogP contribution in [0.15, 0.2) is 60.7 Å². The Kier molecular flexibility index (Phi) is 5.30. The molecule has 5 N–H and O–H groups in total. The molecule has 0 amide bonds. The maximum atomic E-state index is 11.6. The second kappa shape index (κ2) is 8.23. The van der Waals surface area contributed by atoms with Gasteiger partial charge in [-0.05, 0) is 31.2 Å². The van der Waals surface area contributed by atoms with E-state index in [-0.39, 0.29) is 23.0 Å². The van der Waals surface area contributed by atoms with E-state index in [1.54, 1.807) is 48.5 Å². The van der Waals surface area contributed by atoms with Crippen LogP contribution in [0.1, 0.15) is 27.6 Å². The highest BCUT2D eigenvalue weighted by molar-refractivity contribution is 5.95. The number of benzene rings is 2. The normalized spacial score (nSPS) is 10.7. The molecule has 0 aliphatic carbocycles. The zero-order valence-corrected chi connectivity index (χ0v) is 17.0. The minimum absolute atomic E-state index is 0.0491. The second-order valence-electron chi connectivity index (χ2n) is 7.01. The largest absolute Gasteiger partial charge is 0.478 e. The summed E-state index contributed by atoms with van der Waals surface area (Å²) in [6, 6.07) is 16.4. The van der Waals surface area contributed by atoms with Crippen molar-refractivity contribution in [3.8, 4) is 33.9 Å². The van der Waals surface area contributed by atoms with Gasteiger partial charge in [0.15, 0.2) is 11.6 Å². The molecule has 0 saturated carbocycles. The smallest absolute Gasteiger partial charge is 0.335 e. The number of Topliss-reactive ketones (excluding diaryl/α,β-unsaturated/α-hetero) is 1. The fourth-order valence-corrected chi connectivity index (χ4v) is 3.14. The monoisotopic (exact) mass is 426 g/mol. The van der Waals surface area contributed by atoms with Crippen molar-refractivity contribution in [3.63, 3.8) is 0 Å². The van der Waals surface area contributed by atoms with Gasteiger partial charge in [0.25, 0.3) is 0 Å². The van der Waals surface area contributed by atoms with Crippen LogP contribution in [0.4, 0.5) is 11.6 Å². The van der Waals surface area contributed by atoms with Crippen LogP contribution in [-0.4, -0.2) is 37.0 Å². The van der Waals surface area contributed by atoms with E-state index in [1.807, 2.05) is 0 Å². The molecular weight excluding hydrogens is 408 g/mol. The molecule has 4 rings (SSSR count). The molecule has 9 heteroatoms. The van der Waals surface area contributed by atoms with Crippen LogP contribution < -0.4 is 11.5 Å². The number of rotatable bonds is 5. The number of aromatic nitrogens is 4. The minimum atomic E-state index is -1.03. The van der Waals surface area contributed by atoms with Crippen LogP contribution >= 0.6 is 0 Å². The Morgan fingerprint density at radius 1 is 0.719 bits per heavy atom. The van der Waals surface area contributed by atoms with E-state index in [2.05, 4.69) is 15.2 Å². The highest BCUT2D eigenvalue weighted by Crippen LogP contribution is 2.33. The van der Waals surface area contributed by atoms with E-state index >= 15 is 0 Å². The first-order chi connectivity index (χ1) is 15.3. The molecule has 0 unspecified atom stereocenters. The van der Waals surface area contributed by atoms with Gasteiger partial charge in [-0.25, -0.2) is 14.8 Å². The van der Waals surface area contributed by atoms with Gasteiger partial charge in [-0.15, -0.1) is 10.2 Å². The van der Waals surface area contributed by atoms with Gasteiger partial charge >= 0.3 is 5.97 Å². The fraction of sp³-hybridized carbons (Fsp3) is 0.0435. The number of carboxylic acid groups (broad SMARTS) is 1. The van der Waals surface area contributed by atoms with Crippen LogP contribution in [0, 0.1) is 0 Å². The Morgan fingerprint density at radius 3 is 1.84 bits per heavy atom. The number of carbonyl (C=O) groups is 2. The zero-order valence-electron chi connectivity index (χ0n) is 17.0. The summed E-state index contributed by atoms with van der Waals surface area (Å²) in [6.07, 6.45) is 0. The van der Waals surface area contributed by atoms with Crippen molar-refractivity contribution >= 4 is 23.4 Å². The number of ketones is 1. The third-order valence-corrected chi connectivity index (χ3v) is 4.82. The molecule has 0 fully saturated rings. The first-order valence-corrected chi connectivity index (χ1v) is 9.55. The SMILES string of the molecule is CC(=O)c1ccc(-c2nc(N)c(-c3ccc(C(=O)O)cc3)nc2-c2ccc(N)nn2)cc1. The van der Waals surface area contributed by atoms with E-state index < -0.39 is 5.97 Å². The van der Waals surface area contributed by atoms with Crippen LogP contribution in [0.5, 0.6) is 0 Å². The van der Waals surface area contributed by atoms with Crippen LogP contribution in [0.2, 0.25) is 0 Å². The molecule has 0 radical (unpaired) electrons. The lowest BCUT2D eigenvalue weighted by atomic mass is 10.0. The maximum Gasteiger partial charge on any atom is 0.335 e. The molecule has 9 nitrogen and oxygen atoms in total. The number of nitrogens with zero attached hydrogens (tertiary/aromatic N) is 4. The number of hydrogen-bond acceptors (Lipinski definition) is 8. The molecule has 0 spiro atoms. The van der Waals surface area contributed by atoms with E-state index in [9.17, 15) is 9.59 Å². The first-order valence-electron chi connectivity index (χ1n) is 9.55. The predicted octanol–water partition coefficient (Wildman–Crippen LogP) is 3.33. The second-order valence-corrected chi connectivity index (χ2v) is 7.01. The summed E-state index contributed by atoms with van der Waals surface area (Å²) in [4.78, 5) is 32.0. The Labute approximate surface area is 182 Å². The van der Waals surface area contributed by atoms with E-state index in [1.165, 1.54) is 19.1 Å². The lowest BCUT2D eigenvalue weighted by molar-refractivity contribution is 0.0696. The molecule has 2 heterocycles. The summed E-state index contributed by atoms with van der Waals surface area (Å²) in [6.45, 7) is 1.49. The average molecular weight is 426 g/mol. The Hall–Kier alpha value is -4.66. The average Bonchev–Trinajstić information content (AvgIpc) is 2.79. The molecule has 0 aliphatic heterocycles. The number of hydrogen-bond donors (Lipinski definition) is 3. The van der Waals surface area contributed by atoms with Gasteiger partial charge in [0, 0.05) is 16.7 Å². The fourth-order valence-electron chi connectivity index (χ4n) is 3.14. The summed E-state index contributed by atoms with van der Waals surface area (Å²) in [5.41, 5.74) is 15.6. The van der Waals surface area contributed by atoms with Crippen LogP contribution in [-0.2, 0) is 0 Å². The Bertz CT molecular complexity index is 1320. The minimum Gasteiger partial charge on any atom is -0.478 e. The standard InChI is InChI=1S/C23H18N6O3/c1-12(30)13-2-4-14(5-3-13)19-21(17-10-11-18(24)29-28-17)26-20(22(25)27-19)15-6-8-16(9-7-15)23(31)32/h2-11H,1H3,(H2,24,29)(H2,25,27)(H,31,32). The quantitative estimate of drug-likeness (QED) is 0.407. The van der Waals surface area contributed by atoms with Gasteiger partial charge in [-0.1, -0.05) is 36.4 Å². The van der Waals surface area contributed by atoms with Gasteiger partial charge in [0.05, 0.1) is 5.56 Å². The highest BCUT2D eigenvalue weighted by atomic mass is 16.4. The summed E-state index contributed by atoms with van der Waals surface area (Å²) >= 11 is 0. The number of aromatic carboxylic acids is 1. The zero-order chi connectivity index (χ0) is 22.8. The van der Waals surface area contributed by atoms with Gasteiger partial charge in [-0.2, -0.15) is 0 Å². The van der Waals surface area contributed by atoms with Gasteiger partial charge in [-0.3, -0.25) is 4.79 Å².